The lowest BCUT2D eigenvalue weighted by Crippen LogP contribution is -2.47. The summed E-state index contributed by atoms with van der Waals surface area (Å²) in [5, 5.41) is 3.08. The van der Waals surface area contributed by atoms with E-state index in [1.165, 1.54) is 0 Å². The molecule has 1 aliphatic rings. The first kappa shape index (κ1) is 15.4. The largest absolute Gasteiger partial charge is 0.385 e. The number of ether oxygens (including phenoxy) is 1. The summed E-state index contributed by atoms with van der Waals surface area (Å²) in [6, 6.07) is -0.249. The fraction of sp³-hybridized carbons (Fsp3) is 0.909. The van der Waals surface area contributed by atoms with Crippen molar-refractivity contribution < 1.29 is 17.9 Å². The maximum atomic E-state index is 11.9. The number of hydrogen-bond acceptors (Lipinski definition) is 5. The van der Waals surface area contributed by atoms with Gasteiger partial charge in [0.1, 0.15) is 0 Å². The van der Waals surface area contributed by atoms with Gasteiger partial charge in [-0.3, -0.25) is 4.79 Å². The van der Waals surface area contributed by atoms with E-state index in [0.29, 0.717) is 19.7 Å². The van der Waals surface area contributed by atoms with Crippen molar-refractivity contribution in [3.05, 3.63) is 0 Å². The van der Waals surface area contributed by atoms with E-state index in [1.807, 2.05) is 0 Å². The van der Waals surface area contributed by atoms with Crippen LogP contribution in [-0.4, -0.2) is 70.6 Å². The molecule has 106 valence electrons. The van der Waals surface area contributed by atoms with Crippen LogP contribution in [0.2, 0.25) is 0 Å². The fourth-order valence-electron chi connectivity index (χ4n) is 1.94. The van der Waals surface area contributed by atoms with Crippen molar-refractivity contribution in [2.45, 2.75) is 18.9 Å². The molecule has 0 aromatic heterocycles. The number of methoxy groups -OCH3 is 1. The van der Waals surface area contributed by atoms with E-state index < -0.39 is 9.84 Å². The maximum Gasteiger partial charge on any atom is 0.223 e. The van der Waals surface area contributed by atoms with Crippen LogP contribution in [0, 0.1) is 0 Å². The van der Waals surface area contributed by atoms with Crippen LogP contribution < -0.4 is 5.32 Å². The topological polar surface area (TPSA) is 75.7 Å². The second-order valence-corrected chi connectivity index (χ2v) is 6.86. The monoisotopic (exact) mass is 278 g/mol. The van der Waals surface area contributed by atoms with Crippen LogP contribution in [0.25, 0.3) is 0 Å². The molecule has 1 heterocycles. The Bertz CT molecular complexity index is 369. The lowest BCUT2D eigenvalue weighted by molar-refractivity contribution is -0.130. The van der Waals surface area contributed by atoms with Gasteiger partial charge in [0.15, 0.2) is 9.84 Å². The van der Waals surface area contributed by atoms with Crippen LogP contribution in [0.1, 0.15) is 12.8 Å². The Balaban J connectivity index is 2.35. The van der Waals surface area contributed by atoms with E-state index >= 15 is 0 Å². The van der Waals surface area contributed by atoms with E-state index in [2.05, 4.69) is 5.32 Å². The molecule has 1 unspecified atom stereocenters. The Kier molecular flexibility index (Phi) is 6.04. The Labute approximate surface area is 109 Å². The predicted molar refractivity (Wildman–Crippen MR) is 69.2 cm³/mol. The number of amides is 1. The molecule has 1 atom stereocenters. The van der Waals surface area contributed by atoms with Gasteiger partial charge in [0.2, 0.25) is 5.91 Å². The van der Waals surface area contributed by atoms with E-state index in [-0.39, 0.29) is 29.9 Å². The maximum absolute atomic E-state index is 11.9. The minimum atomic E-state index is -2.98. The number of rotatable bonds is 6. The molecule has 7 heteroatoms. The van der Waals surface area contributed by atoms with E-state index in [9.17, 15) is 13.2 Å². The van der Waals surface area contributed by atoms with Crippen LogP contribution in [0.5, 0.6) is 0 Å². The second kappa shape index (κ2) is 7.06. The zero-order chi connectivity index (χ0) is 13.6. The van der Waals surface area contributed by atoms with E-state index in [1.54, 1.807) is 19.1 Å². The normalized spacial score (nSPS) is 22.7. The summed E-state index contributed by atoms with van der Waals surface area (Å²) >= 11 is 0. The molecule has 0 aliphatic carbocycles. The van der Waals surface area contributed by atoms with Crippen LogP contribution >= 0.6 is 0 Å². The van der Waals surface area contributed by atoms with E-state index in [4.69, 9.17) is 4.74 Å². The van der Waals surface area contributed by atoms with Gasteiger partial charge < -0.3 is 15.0 Å². The summed E-state index contributed by atoms with van der Waals surface area (Å²) in [5.41, 5.74) is 0. The van der Waals surface area contributed by atoms with Crippen molar-refractivity contribution in [2.24, 2.45) is 0 Å². The molecule has 0 aromatic carbocycles. The molecule has 0 radical (unpaired) electrons. The lowest BCUT2D eigenvalue weighted by Gasteiger charge is -2.25. The van der Waals surface area contributed by atoms with Crippen molar-refractivity contribution in [1.82, 2.24) is 10.2 Å². The summed E-state index contributed by atoms with van der Waals surface area (Å²) in [4.78, 5) is 13.5. The minimum absolute atomic E-state index is 0.0271. The standard InChI is InChI=1S/C11H22N2O4S/c1-13(5-3-6-17-2)11(14)8-10-9-18(15,16)7-4-12-10/h10,12H,3-9H2,1-2H3. The Morgan fingerprint density at radius 2 is 2.22 bits per heavy atom. The first-order valence-corrected chi connectivity index (χ1v) is 7.93. The van der Waals surface area contributed by atoms with Crippen LogP contribution in [0.15, 0.2) is 0 Å². The van der Waals surface area contributed by atoms with E-state index in [0.717, 1.165) is 6.42 Å². The smallest absolute Gasteiger partial charge is 0.223 e. The van der Waals surface area contributed by atoms with Crippen LogP contribution in [-0.2, 0) is 19.4 Å². The molecule has 1 N–H and O–H groups in total. The molecular weight excluding hydrogens is 256 g/mol. The zero-order valence-electron chi connectivity index (χ0n) is 11.0. The van der Waals surface area contributed by atoms with Gasteiger partial charge in [-0.15, -0.1) is 0 Å². The quantitative estimate of drug-likeness (QED) is 0.648. The van der Waals surface area contributed by atoms with Gasteiger partial charge in [-0.25, -0.2) is 8.42 Å². The molecule has 1 rings (SSSR count). The average Bonchev–Trinajstić information content (AvgIpc) is 2.27. The van der Waals surface area contributed by atoms with Gasteiger partial charge in [-0.1, -0.05) is 0 Å². The molecule has 0 saturated carbocycles. The lowest BCUT2D eigenvalue weighted by atomic mass is 10.2. The molecule has 1 saturated heterocycles. The number of nitrogens with zero attached hydrogens (tertiary/aromatic N) is 1. The summed E-state index contributed by atoms with van der Waals surface area (Å²) in [5.74, 6) is 0.201. The SMILES string of the molecule is COCCCN(C)C(=O)CC1CS(=O)(=O)CCN1. The van der Waals surface area contributed by atoms with Crippen LogP contribution in [0.3, 0.4) is 0 Å². The number of carbonyl (C=O) groups is 1. The molecule has 18 heavy (non-hydrogen) atoms. The first-order valence-electron chi connectivity index (χ1n) is 6.11. The molecule has 1 aliphatic heterocycles. The van der Waals surface area contributed by atoms with Crippen molar-refractivity contribution in [3.8, 4) is 0 Å². The summed E-state index contributed by atoms with van der Waals surface area (Å²) in [7, 11) is 0.378. The van der Waals surface area contributed by atoms with Gasteiger partial charge in [-0.05, 0) is 6.42 Å². The van der Waals surface area contributed by atoms with Crippen molar-refractivity contribution in [3.63, 3.8) is 0 Å². The molecule has 0 aromatic rings. The fourth-order valence-corrected chi connectivity index (χ4v) is 3.38. The second-order valence-electron chi connectivity index (χ2n) is 4.63. The number of nitrogens with one attached hydrogen (secondary N) is 1. The van der Waals surface area contributed by atoms with Gasteiger partial charge in [0.05, 0.1) is 11.5 Å². The number of sulfone groups is 1. The molecule has 0 bridgehead atoms. The number of hydrogen-bond donors (Lipinski definition) is 1. The summed E-state index contributed by atoms with van der Waals surface area (Å²) in [6.07, 6.45) is 1.03. The Morgan fingerprint density at radius 1 is 1.50 bits per heavy atom. The third-order valence-corrected chi connectivity index (χ3v) is 4.73. The first-order chi connectivity index (χ1) is 8.44. The van der Waals surface area contributed by atoms with Crippen molar-refractivity contribution in [1.29, 1.82) is 0 Å². The Morgan fingerprint density at radius 3 is 2.83 bits per heavy atom. The highest BCUT2D eigenvalue weighted by atomic mass is 32.2. The summed E-state index contributed by atoms with van der Waals surface area (Å²) in [6.45, 7) is 1.69. The minimum Gasteiger partial charge on any atom is -0.385 e. The van der Waals surface area contributed by atoms with Crippen LogP contribution in [0.4, 0.5) is 0 Å². The van der Waals surface area contributed by atoms with Gasteiger partial charge in [0.25, 0.3) is 0 Å². The van der Waals surface area contributed by atoms with Gasteiger partial charge >= 0.3 is 0 Å². The Hall–Kier alpha value is -0.660. The highest BCUT2D eigenvalue weighted by Crippen LogP contribution is 2.06. The third kappa shape index (κ3) is 5.32. The predicted octanol–water partition coefficient (Wildman–Crippen LogP) is -0.742. The zero-order valence-corrected chi connectivity index (χ0v) is 11.8. The molecule has 6 nitrogen and oxygen atoms in total. The summed E-state index contributed by atoms with van der Waals surface area (Å²) < 4.78 is 27.8. The third-order valence-electron chi connectivity index (χ3n) is 2.99. The van der Waals surface area contributed by atoms with Crippen molar-refractivity contribution >= 4 is 15.7 Å². The van der Waals surface area contributed by atoms with Gasteiger partial charge in [-0.2, -0.15) is 0 Å². The molecular formula is C11H22N2O4S. The average molecular weight is 278 g/mol. The molecule has 1 fully saturated rings. The van der Waals surface area contributed by atoms with Gasteiger partial charge in [0, 0.05) is 46.3 Å². The highest BCUT2D eigenvalue weighted by Gasteiger charge is 2.26. The molecule has 1 amide bonds. The number of carbonyl (C=O) groups excluding carboxylic acids is 1. The molecule has 0 spiro atoms. The highest BCUT2D eigenvalue weighted by molar-refractivity contribution is 7.91. The van der Waals surface area contributed by atoms with Crippen molar-refractivity contribution in [2.75, 3.05) is 45.4 Å².